The highest BCUT2D eigenvalue weighted by atomic mass is 15.2. The average molecular weight is 320 g/mol. The van der Waals surface area contributed by atoms with Crippen molar-refractivity contribution in [3.8, 4) is 0 Å². The van der Waals surface area contributed by atoms with E-state index < -0.39 is 0 Å². The van der Waals surface area contributed by atoms with Crippen molar-refractivity contribution in [1.29, 1.82) is 0 Å². The number of hydrogen-bond donors (Lipinski definition) is 1. The van der Waals surface area contributed by atoms with Crippen LogP contribution < -0.4 is 5.32 Å². The van der Waals surface area contributed by atoms with E-state index in [4.69, 9.17) is 0 Å². The zero-order valence-corrected chi connectivity index (χ0v) is 14.7. The lowest BCUT2D eigenvalue weighted by atomic mass is 9.95. The number of anilines is 1. The summed E-state index contributed by atoms with van der Waals surface area (Å²) in [5.74, 6) is 0.779. The van der Waals surface area contributed by atoms with Gasteiger partial charge in [-0.25, -0.2) is 0 Å². The molecule has 1 N–H and O–H groups in total. The monoisotopic (exact) mass is 320 g/mol. The van der Waals surface area contributed by atoms with Gasteiger partial charge < -0.3 is 5.32 Å². The smallest absolute Gasteiger partial charge is 0.0361 e. The summed E-state index contributed by atoms with van der Waals surface area (Å²) in [6.45, 7) is 5.62. The Morgan fingerprint density at radius 3 is 2.79 bits per heavy atom. The fourth-order valence-electron chi connectivity index (χ4n) is 4.38. The quantitative estimate of drug-likeness (QED) is 0.723. The number of benzene rings is 2. The normalized spacial score (nSPS) is 22.4. The second kappa shape index (κ2) is 6.98. The Labute approximate surface area is 145 Å². The van der Waals surface area contributed by atoms with Gasteiger partial charge in [-0.15, -0.1) is 0 Å². The number of nitrogens with one attached hydrogen (secondary N) is 1. The van der Waals surface area contributed by atoms with E-state index in [0.29, 0.717) is 6.04 Å². The van der Waals surface area contributed by atoms with Crippen LogP contribution in [0.4, 0.5) is 5.69 Å². The van der Waals surface area contributed by atoms with Crippen molar-refractivity contribution < 1.29 is 0 Å². The minimum atomic E-state index is 0.604. The van der Waals surface area contributed by atoms with Gasteiger partial charge in [0.25, 0.3) is 0 Å². The summed E-state index contributed by atoms with van der Waals surface area (Å²) in [4.78, 5) is 2.69. The van der Waals surface area contributed by atoms with E-state index in [0.717, 1.165) is 19.0 Å². The van der Waals surface area contributed by atoms with Gasteiger partial charge in [0.1, 0.15) is 0 Å². The lowest BCUT2D eigenvalue weighted by molar-refractivity contribution is 0.145. The van der Waals surface area contributed by atoms with E-state index >= 15 is 0 Å². The SMILES string of the molecule is CCCCNc1ccc2c(c1)[C@H]1CC2CCN1Cc1ccccc1. The number of fused-ring (bicyclic) bond motifs is 5. The minimum Gasteiger partial charge on any atom is -0.385 e. The first kappa shape index (κ1) is 15.7. The van der Waals surface area contributed by atoms with Gasteiger partial charge >= 0.3 is 0 Å². The minimum absolute atomic E-state index is 0.604. The predicted molar refractivity (Wildman–Crippen MR) is 101 cm³/mol. The molecule has 2 heteroatoms. The molecule has 1 fully saturated rings. The Kier molecular flexibility index (Phi) is 4.57. The molecule has 1 aliphatic carbocycles. The van der Waals surface area contributed by atoms with Crippen LogP contribution in [0, 0.1) is 0 Å². The molecule has 2 aromatic carbocycles. The summed E-state index contributed by atoms with van der Waals surface area (Å²) in [6.07, 6.45) is 5.09. The van der Waals surface area contributed by atoms with Gasteiger partial charge in [-0.1, -0.05) is 49.7 Å². The molecule has 2 aliphatic rings. The molecule has 1 saturated heterocycles. The summed E-state index contributed by atoms with van der Waals surface area (Å²) in [7, 11) is 0. The van der Waals surface area contributed by atoms with E-state index in [-0.39, 0.29) is 0 Å². The molecule has 0 saturated carbocycles. The Bertz CT molecular complexity index is 680. The maximum atomic E-state index is 3.60. The zero-order valence-electron chi connectivity index (χ0n) is 14.7. The number of likely N-dealkylation sites (tertiary alicyclic amines) is 1. The number of rotatable bonds is 6. The van der Waals surface area contributed by atoms with E-state index in [1.165, 1.54) is 43.5 Å². The van der Waals surface area contributed by atoms with Gasteiger partial charge in [-0.3, -0.25) is 4.90 Å². The summed E-state index contributed by atoms with van der Waals surface area (Å²) in [5, 5.41) is 3.60. The third-order valence-electron chi connectivity index (χ3n) is 5.69. The number of piperidine rings is 1. The Morgan fingerprint density at radius 2 is 1.96 bits per heavy atom. The first-order valence-corrected chi connectivity index (χ1v) is 9.51. The number of unbranched alkanes of at least 4 members (excludes halogenated alkanes) is 1. The third-order valence-corrected chi connectivity index (χ3v) is 5.69. The van der Waals surface area contributed by atoms with Gasteiger partial charge in [-0.05, 0) is 60.5 Å². The molecule has 2 aromatic rings. The lowest BCUT2D eigenvalue weighted by Gasteiger charge is -2.33. The molecule has 0 amide bonds. The van der Waals surface area contributed by atoms with Gasteiger partial charge in [0, 0.05) is 24.8 Å². The van der Waals surface area contributed by atoms with E-state index in [9.17, 15) is 0 Å². The molecule has 1 aliphatic heterocycles. The fraction of sp³-hybridized carbons (Fsp3) is 0.455. The van der Waals surface area contributed by atoms with Crippen molar-refractivity contribution in [3.63, 3.8) is 0 Å². The van der Waals surface area contributed by atoms with Crippen LogP contribution >= 0.6 is 0 Å². The predicted octanol–water partition coefficient (Wildman–Crippen LogP) is 5.33. The highest BCUT2D eigenvalue weighted by Gasteiger charge is 2.38. The highest BCUT2D eigenvalue weighted by molar-refractivity contribution is 5.53. The summed E-state index contributed by atoms with van der Waals surface area (Å²) in [5.41, 5.74) is 5.92. The maximum absolute atomic E-state index is 3.60. The first-order valence-electron chi connectivity index (χ1n) is 9.51. The topological polar surface area (TPSA) is 15.3 Å². The summed E-state index contributed by atoms with van der Waals surface area (Å²) in [6, 6.07) is 18.6. The lowest BCUT2D eigenvalue weighted by Crippen LogP contribution is -2.31. The van der Waals surface area contributed by atoms with Crippen LogP contribution in [0.5, 0.6) is 0 Å². The Hall–Kier alpha value is -1.80. The maximum Gasteiger partial charge on any atom is 0.0361 e. The van der Waals surface area contributed by atoms with Crippen LogP contribution in [0.15, 0.2) is 48.5 Å². The molecule has 2 bridgehead atoms. The van der Waals surface area contributed by atoms with Gasteiger partial charge in [0.15, 0.2) is 0 Å². The van der Waals surface area contributed by atoms with E-state index in [1.54, 1.807) is 11.1 Å². The van der Waals surface area contributed by atoms with Gasteiger partial charge in [0.05, 0.1) is 0 Å². The van der Waals surface area contributed by atoms with Crippen LogP contribution in [0.2, 0.25) is 0 Å². The molecular formula is C22H28N2. The average Bonchev–Trinajstić information content (AvgIpc) is 2.92. The van der Waals surface area contributed by atoms with Crippen LogP contribution in [0.25, 0.3) is 0 Å². The molecule has 0 aromatic heterocycles. The van der Waals surface area contributed by atoms with E-state index in [1.807, 2.05) is 0 Å². The standard InChI is InChI=1S/C22H28N2/c1-2-3-12-23-19-9-10-20-18-11-13-24(22(14-18)21(20)15-19)16-17-7-5-4-6-8-17/h4-10,15,18,22-23H,2-3,11-14,16H2,1H3/t18?,22-/m1/s1. The molecule has 24 heavy (non-hydrogen) atoms. The van der Waals surface area contributed by atoms with E-state index in [2.05, 4.69) is 65.7 Å². The van der Waals surface area contributed by atoms with Crippen molar-refractivity contribution >= 4 is 5.69 Å². The molecule has 126 valence electrons. The molecule has 4 rings (SSSR count). The fourth-order valence-corrected chi connectivity index (χ4v) is 4.38. The number of nitrogens with zero attached hydrogens (tertiary/aromatic N) is 1. The van der Waals surface area contributed by atoms with Crippen LogP contribution in [0.1, 0.15) is 61.3 Å². The van der Waals surface area contributed by atoms with Crippen LogP contribution in [-0.4, -0.2) is 18.0 Å². The second-order valence-electron chi connectivity index (χ2n) is 7.32. The zero-order chi connectivity index (χ0) is 16.4. The van der Waals surface area contributed by atoms with Crippen molar-refractivity contribution in [3.05, 3.63) is 65.2 Å². The van der Waals surface area contributed by atoms with Crippen molar-refractivity contribution in [1.82, 2.24) is 4.90 Å². The second-order valence-corrected chi connectivity index (χ2v) is 7.32. The summed E-state index contributed by atoms with van der Waals surface area (Å²) >= 11 is 0. The van der Waals surface area contributed by atoms with Crippen LogP contribution in [-0.2, 0) is 6.54 Å². The van der Waals surface area contributed by atoms with Crippen molar-refractivity contribution in [2.24, 2.45) is 0 Å². The summed E-state index contributed by atoms with van der Waals surface area (Å²) < 4.78 is 0. The first-order chi connectivity index (χ1) is 11.8. The third kappa shape index (κ3) is 3.08. The molecule has 2 nitrogen and oxygen atoms in total. The van der Waals surface area contributed by atoms with Crippen LogP contribution in [0.3, 0.4) is 0 Å². The molecule has 1 unspecified atom stereocenters. The Balaban J connectivity index is 1.54. The molecular weight excluding hydrogens is 292 g/mol. The van der Waals surface area contributed by atoms with Gasteiger partial charge in [0.2, 0.25) is 0 Å². The highest BCUT2D eigenvalue weighted by Crippen LogP contribution is 2.49. The molecule has 2 atom stereocenters. The number of hydrogen-bond acceptors (Lipinski definition) is 2. The largest absolute Gasteiger partial charge is 0.385 e. The van der Waals surface area contributed by atoms with Gasteiger partial charge in [-0.2, -0.15) is 0 Å². The van der Waals surface area contributed by atoms with Crippen molar-refractivity contribution in [2.75, 3.05) is 18.4 Å². The molecule has 0 spiro atoms. The molecule has 0 radical (unpaired) electrons. The Morgan fingerprint density at radius 1 is 1.08 bits per heavy atom. The molecule has 1 heterocycles. The van der Waals surface area contributed by atoms with Crippen molar-refractivity contribution in [2.45, 2.75) is 51.1 Å².